The molecule has 1 aromatic carbocycles. The number of hydrogen-bond acceptors (Lipinski definition) is 2. The van der Waals surface area contributed by atoms with Gasteiger partial charge in [0.1, 0.15) is 5.75 Å². The molecule has 0 aliphatic carbocycles. The number of phenols is 1. The molecule has 1 N–H and O–H groups in total. The van der Waals surface area contributed by atoms with Crippen molar-refractivity contribution in [2.45, 2.75) is 34.6 Å². The van der Waals surface area contributed by atoms with E-state index < -0.39 is 0 Å². The second kappa shape index (κ2) is 4.05. The van der Waals surface area contributed by atoms with Gasteiger partial charge in [-0.2, -0.15) is 0 Å². The van der Waals surface area contributed by atoms with Gasteiger partial charge < -0.3 is 5.11 Å². The van der Waals surface area contributed by atoms with Gasteiger partial charge in [0.25, 0.3) is 0 Å². The summed E-state index contributed by atoms with van der Waals surface area (Å²) < 4.78 is 0. The normalized spacial score (nSPS) is 12.0. The molecular weight excluding hydrogens is 186 g/mol. The van der Waals surface area contributed by atoms with E-state index in [2.05, 4.69) is 11.9 Å². The van der Waals surface area contributed by atoms with Crippen LogP contribution in [0.15, 0.2) is 4.99 Å². The molecule has 2 heteroatoms. The zero-order chi connectivity index (χ0) is 11.7. The molecule has 15 heavy (non-hydrogen) atoms. The van der Waals surface area contributed by atoms with E-state index in [0.717, 1.165) is 28.0 Å². The van der Waals surface area contributed by atoms with Crippen LogP contribution in [0.25, 0.3) is 0 Å². The lowest BCUT2D eigenvalue weighted by Crippen LogP contribution is -2.04. The molecule has 1 rings (SSSR count). The van der Waals surface area contributed by atoms with Crippen LogP contribution in [0.3, 0.4) is 0 Å². The fraction of sp³-hybridized carbons (Fsp3) is 0.462. The minimum absolute atomic E-state index is 0.374. The Morgan fingerprint density at radius 1 is 0.933 bits per heavy atom. The standard InChI is InChI=1S/C13H19NO/c1-7-8(2)10(4)13(15)12(9(7)3)11(5)14-6/h15H,1-6H3/b14-11+. The average Bonchev–Trinajstić information content (AvgIpc) is 2.23. The summed E-state index contributed by atoms with van der Waals surface area (Å²) in [6.07, 6.45) is 0. The van der Waals surface area contributed by atoms with Crippen LogP contribution in [0, 0.1) is 27.7 Å². The Morgan fingerprint density at radius 3 is 1.87 bits per heavy atom. The summed E-state index contributed by atoms with van der Waals surface area (Å²) in [4.78, 5) is 4.15. The van der Waals surface area contributed by atoms with Crippen molar-refractivity contribution < 1.29 is 5.11 Å². The summed E-state index contributed by atoms with van der Waals surface area (Å²) in [5.41, 5.74) is 6.25. The van der Waals surface area contributed by atoms with Crippen LogP contribution < -0.4 is 0 Å². The Kier molecular flexibility index (Phi) is 3.18. The summed E-state index contributed by atoms with van der Waals surface area (Å²) in [5, 5.41) is 10.1. The molecule has 0 bridgehead atoms. The SMILES string of the molecule is C/N=C(\C)c1c(C)c(C)c(C)c(C)c1O. The maximum absolute atomic E-state index is 10.1. The quantitative estimate of drug-likeness (QED) is 0.702. The highest BCUT2D eigenvalue weighted by Crippen LogP contribution is 2.32. The fourth-order valence-corrected chi connectivity index (χ4v) is 1.85. The van der Waals surface area contributed by atoms with E-state index in [-0.39, 0.29) is 0 Å². The van der Waals surface area contributed by atoms with Crippen molar-refractivity contribution in [2.75, 3.05) is 7.05 Å². The van der Waals surface area contributed by atoms with E-state index >= 15 is 0 Å². The largest absolute Gasteiger partial charge is 0.507 e. The number of hydrogen-bond donors (Lipinski definition) is 1. The van der Waals surface area contributed by atoms with Crippen molar-refractivity contribution in [1.29, 1.82) is 0 Å². The van der Waals surface area contributed by atoms with Crippen LogP contribution in [0.4, 0.5) is 0 Å². The number of rotatable bonds is 1. The second-order valence-electron chi connectivity index (χ2n) is 4.03. The molecule has 0 saturated heterocycles. The minimum atomic E-state index is 0.374. The Bertz CT molecular complexity index is 402. The Morgan fingerprint density at radius 2 is 1.40 bits per heavy atom. The van der Waals surface area contributed by atoms with Crippen LogP contribution in [0.2, 0.25) is 0 Å². The van der Waals surface area contributed by atoms with E-state index in [1.165, 1.54) is 5.56 Å². The van der Waals surface area contributed by atoms with Crippen LogP contribution in [-0.4, -0.2) is 17.9 Å². The number of nitrogens with zero attached hydrogens (tertiary/aromatic N) is 1. The number of aromatic hydroxyl groups is 1. The van der Waals surface area contributed by atoms with Crippen LogP contribution >= 0.6 is 0 Å². The molecule has 0 aromatic heterocycles. The molecule has 0 atom stereocenters. The first kappa shape index (κ1) is 11.8. The maximum Gasteiger partial charge on any atom is 0.128 e. The van der Waals surface area contributed by atoms with Gasteiger partial charge in [-0.25, -0.2) is 0 Å². The molecule has 0 aliphatic heterocycles. The monoisotopic (exact) mass is 205 g/mol. The molecule has 0 saturated carbocycles. The van der Waals surface area contributed by atoms with Gasteiger partial charge in [0.05, 0.1) is 0 Å². The first-order valence-electron chi connectivity index (χ1n) is 5.14. The summed E-state index contributed by atoms with van der Waals surface area (Å²) >= 11 is 0. The third-order valence-electron chi connectivity index (χ3n) is 3.35. The molecule has 0 fully saturated rings. The number of aliphatic imine (C=N–C) groups is 1. The summed E-state index contributed by atoms with van der Waals surface area (Å²) in [6, 6.07) is 0. The third kappa shape index (κ3) is 1.76. The predicted molar refractivity (Wildman–Crippen MR) is 65.2 cm³/mol. The van der Waals surface area contributed by atoms with Crippen molar-refractivity contribution >= 4 is 5.71 Å². The van der Waals surface area contributed by atoms with Gasteiger partial charge in [0.2, 0.25) is 0 Å². The van der Waals surface area contributed by atoms with Gasteiger partial charge in [0, 0.05) is 18.3 Å². The number of phenolic OH excluding ortho intramolecular Hbond substituents is 1. The van der Waals surface area contributed by atoms with Crippen LogP contribution in [0.1, 0.15) is 34.7 Å². The molecule has 82 valence electrons. The molecule has 0 amide bonds. The zero-order valence-electron chi connectivity index (χ0n) is 10.4. The molecular formula is C13H19NO. The van der Waals surface area contributed by atoms with Gasteiger partial charge in [-0.15, -0.1) is 0 Å². The molecule has 1 aromatic rings. The molecule has 2 nitrogen and oxygen atoms in total. The van der Waals surface area contributed by atoms with Crippen molar-refractivity contribution in [3.63, 3.8) is 0 Å². The topological polar surface area (TPSA) is 32.6 Å². The van der Waals surface area contributed by atoms with E-state index in [4.69, 9.17) is 0 Å². The van der Waals surface area contributed by atoms with Crippen LogP contribution in [0.5, 0.6) is 5.75 Å². The van der Waals surface area contributed by atoms with Gasteiger partial charge in [-0.1, -0.05) is 0 Å². The van der Waals surface area contributed by atoms with Crippen molar-refractivity contribution in [3.05, 3.63) is 27.8 Å². The third-order valence-corrected chi connectivity index (χ3v) is 3.35. The number of benzene rings is 1. The van der Waals surface area contributed by atoms with Gasteiger partial charge in [-0.05, 0) is 56.9 Å². The lowest BCUT2D eigenvalue weighted by atomic mass is 9.91. The highest BCUT2D eigenvalue weighted by Gasteiger charge is 2.15. The molecule has 0 heterocycles. The molecule has 0 spiro atoms. The van der Waals surface area contributed by atoms with Crippen LogP contribution in [-0.2, 0) is 0 Å². The predicted octanol–water partition coefficient (Wildman–Crippen LogP) is 3.06. The van der Waals surface area contributed by atoms with E-state index in [0.29, 0.717) is 5.75 Å². The Hall–Kier alpha value is -1.31. The van der Waals surface area contributed by atoms with Gasteiger partial charge in [-0.3, -0.25) is 4.99 Å². The Balaban J connectivity index is 3.67. The molecule has 0 radical (unpaired) electrons. The van der Waals surface area contributed by atoms with E-state index in [9.17, 15) is 5.11 Å². The first-order chi connectivity index (χ1) is 6.91. The second-order valence-corrected chi connectivity index (χ2v) is 4.03. The highest BCUT2D eigenvalue weighted by molar-refractivity contribution is 6.03. The lowest BCUT2D eigenvalue weighted by molar-refractivity contribution is 0.468. The van der Waals surface area contributed by atoms with Crippen molar-refractivity contribution in [2.24, 2.45) is 4.99 Å². The summed E-state index contributed by atoms with van der Waals surface area (Å²) in [6.45, 7) is 10.0. The fourth-order valence-electron chi connectivity index (χ4n) is 1.85. The highest BCUT2D eigenvalue weighted by atomic mass is 16.3. The summed E-state index contributed by atoms with van der Waals surface area (Å²) in [7, 11) is 1.75. The lowest BCUT2D eigenvalue weighted by Gasteiger charge is -2.16. The first-order valence-corrected chi connectivity index (χ1v) is 5.14. The smallest absolute Gasteiger partial charge is 0.128 e. The Labute approximate surface area is 91.7 Å². The summed E-state index contributed by atoms with van der Waals surface area (Å²) in [5.74, 6) is 0.374. The van der Waals surface area contributed by atoms with Gasteiger partial charge >= 0.3 is 0 Å². The van der Waals surface area contributed by atoms with Gasteiger partial charge in [0.15, 0.2) is 0 Å². The average molecular weight is 205 g/mol. The van der Waals surface area contributed by atoms with E-state index in [1.54, 1.807) is 7.05 Å². The maximum atomic E-state index is 10.1. The van der Waals surface area contributed by atoms with Crippen molar-refractivity contribution in [1.82, 2.24) is 0 Å². The van der Waals surface area contributed by atoms with Crippen molar-refractivity contribution in [3.8, 4) is 5.75 Å². The minimum Gasteiger partial charge on any atom is -0.507 e. The molecule has 0 aliphatic rings. The van der Waals surface area contributed by atoms with E-state index in [1.807, 2.05) is 27.7 Å². The molecule has 0 unspecified atom stereocenters. The zero-order valence-corrected chi connectivity index (χ0v) is 10.4.